The van der Waals surface area contributed by atoms with Crippen molar-refractivity contribution >= 4 is 6.03 Å². The van der Waals surface area contributed by atoms with Gasteiger partial charge in [0.2, 0.25) is 0 Å². The van der Waals surface area contributed by atoms with Gasteiger partial charge in [0, 0.05) is 37.8 Å². The normalized spacial score (nSPS) is 19.9. The Hall–Kier alpha value is -2.73. The van der Waals surface area contributed by atoms with Crippen LogP contribution in [0.3, 0.4) is 0 Å². The molecule has 6 heteroatoms. The lowest BCUT2D eigenvalue weighted by Crippen LogP contribution is -2.48. The van der Waals surface area contributed by atoms with Crippen LogP contribution in [-0.2, 0) is 6.54 Å². The summed E-state index contributed by atoms with van der Waals surface area (Å²) >= 11 is 0. The highest BCUT2D eigenvalue weighted by Crippen LogP contribution is 2.39. The minimum absolute atomic E-state index is 0.0169. The lowest BCUT2D eigenvalue weighted by atomic mass is 10.0. The molecule has 31 heavy (non-hydrogen) atoms. The van der Waals surface area contributed by atoms with Gasteiger partial charge in [-0.3, -0.25) is 4.90 Å². The number of carbonyl (C=O) groups is 1. The Morgan fingerprint density at radius 1 is 1.00 bits per heavy atom. The van der Waals surface area contributed by atoms with Crippen LogP contribution >= 0.6 is 0 Å². The van der Waals surface area contributed by atoms with E-state index in [0.717, 1.165) is 68.9 Å². The number of amides is 2. The summed E-state index contributed by atoms with van der Waals surface area (Å²) in [4.78, 5) is 17.6. The summed E-state index contributed by atoms with van der Waals surface area (Å²) in [6.45, 7) is 3.76. The average molecular weight is 424 g/mol. The van der Waals surface area contributed by atoms with Gasteiger partial charge in [0.15, 0.2) is 0 Å². The summed E-state index contributed by atoms with van der Waals surface area (Å²) in [6.07, 6.45) is 3.90. The molecule has 166 valence electrons. The van der Waals surface area contributed by atoms with E-state index in [2.05, 4.69) is 40.5 Å². The van der Waals surface area contributed by atoms with Crippen LogP contribution in [0.4, 0.5) is 4.79 Å². The second-order valence-corrected chi connectivity index (χ2v) is 8.44. The Labute approximate surface area is 185 Å². The van der Waals surface area contributed by atoms with E-state index in [0.29, 0.717) is 0 Å². The van der Waals surface area contributed by atoms with Crippen molar-refractivity contribution in [2.24, 2.45) is 0 Å². The third-order valence-corrected chi connectivity index (χ3v) is 6.47. The molecule has 2 aliphatic rings. The zero-order valence-electron chi connectivity index (χ0n) is 18.5. The van der Waals surface area contributed by atoms with Gasteiger partial charge in [0.25, 0.3) is 0 Å². The first-order valence-corrected chi connectivity index (χ1v) is 11.2. The van der Waals surface area contributed by atoms with Crippen molar-refractivity contribution in [2.45, 2.75) is 44.3 Å². The van der Waals surface area contributed by atoms with Crippen LogP contribution in [0, 0.1) is 0 Å². The Morgan fingerprint density at radius 2 is 1.77 bits per heavy atom. The predicted octanol–water partition coefficient (Wildman–Crippen LogP) is 4.21. The molecule has 6 nitrogen and oxygen atoms in total. The fraction of sp³-hybridized carbons (Fsp3) is 0.480. The number of hydrogen-bond acceptors (Lipinski definition) is 4. The number of ether oxygens (including phenoxy) is 2. The molecule has 0 bridgehead atoms. The van der Waals surface area contributed by atoms with Crippen molar-refractivity contribution in [3.63, 3.8) is 0 Å². The van der Waals surface area contributed by atoms with Crippen LogP contribution in [0.15, 0.2) is 48.5 Å². The van der Waals surface area contributed by atoms with Gasteiger partial charge in [-0.1, -0.05) is 30.3 Å². The fourth-order valence-corrected chi connectivity index (χ4v) is 4.77. The highest BCUT2D eigenvalue weighted by molar-refractivity contribution is 5.75. The Bertz CT molecular complexity index is 866. The lowest BCUT2D eigenvalue weighted by molar-refractivity contribution is 0.165. The lowest BCUT2D eigenvalue weighted by Gasteiger charge is -2.34. The van der Waals surface area contributed by atoms with E-state index in [9.17, 15) is 4.79 Å². The molecule has 2 amide bonds. The summed E-state index contributed by atoms with van der Waals surface area (Å²) in [5.74, 6) is 1.59. The largest absolute Gasteiger partial charge is 0.497 e. The molecule has 2 aliphatic heterocycles. The molecule has 0 spiro atoms. The fourth-order valence-electron chi connectivity index (χ4n) is 4.77. The molecular formula is C25H33N3O3. The minimum Gasteiger partial charge on any atom is -0.497 e. The van der Waals surface area contributed by atoms with Crippen LogP contribution < -0.4 is 14.8 Å². The summed E-state index contributed by atoms with van der Waals surface area (Å²) < 4.78 is 11.0. The Morgan fingerprint density at radius 3 is 2.48 bits per heavy atom. The number of nitrogens with one attached hydrogen (secondary N) is 1. The number of urea groups is 1. The molecule has 1 unspecified atom stereocenters. The van der Waals surface area contributed by atoms with Gasteiger partial charge in [0.05, 0.1) is 20.3 Å². The molecule has 0 radical (unpaired) electrons. The zero-order valence-corrected chi connectivity index (χ0v) is 18.5. The number of nitrogens with zero attached hydrogens (tertiary/aromatic N) is 2. The third kappa shape index (κ3) is 5.13. The topological polar surface area (TPSA) is 54.0 Å². The summed E-state index contributed by atoms with van der Waals surface area (Å²) in [5.41, 5.74) is 2.37. The summed E-state index contributed by atoms with van der Waals surface area (Å²) in [5, 5.41) is 3.30. The number of piperidine rings is 1. The molecule has 2 heterocycles. The highest BCUT2D eigenvalue weighted by atomic mass is 16.5. The number of likely N-dealkylation sites (tertiary alicyclic amines) is 2. The molecular weight excluding hydrogens is 390 g/mol. The maximum absolute atomic E-state index is 13.2. The van der Waals surface area contributed by atoms with E-state index in [-0.39, 0.29) is 18.1 Å². The number of methoxy groups -OCH3 is 2. The molecule has 0 aliphatic carbocycles. The van der Waals surface area contributed by atoms with Crippen molar-refractivity contribution in [1.29, 1.82) is 0 Å². The van der Waals surface area contributed by atoms with E-state index in [1.165, 1.54) is 5.56 Å². The van der Waals surface area contributed by atoms with Crippen LogP contribution in [0.1, 0.15) is 42.9 Å². The predicted molar refractivity (Wildman–Crippen MR) is 121 cm³/mol. The van der Waals surface area contributed by atoms with Gasteiger partial charge in [-0.15, -0.1) is 0 Å². The molecule has 1 atom stereocenters. The molecule has 1 N–H and O–H groups in total. The second kappa shape index (κ2) is 10.1. The highest BCUT2D eigenvalue weighted by Gasteiger charge is 2.33. The number of carbonyl (C=O) groups excluding carboxylic acids is 1. The van der Waals surface area contributed by atoms with Crippen molar-refractivity contribution in [1.82, 2.24) is 15.1 Å². The minimum atomic E-state index is 0.0169. The zero-order chi connectivity index (χ0) is 21.6. The number of hydrogen-bond donors (Lipinski definition) is 1. The van der Waals surface area contributed by atoms with Gasteiger partial charge in [-0.2, -0.15) is 0 Å². The number of rotatable bonds is 6. The first-order chi connectivity index (χ1) is 15.2. The molecule has 2 fully saturated rings. The third-order valence-electron chi connectivity index (χ3n) is 6.47. The molecule has 4 rings (SSSR count). The quantitative estimate of drug-likeness (QED) is 0.756. The van der Waals surface area contributed by atoms with Crippen LogP contribution in [0.25, 0.3) is 0 Å². The van der Waals surface area contributed by atoms with Crippen molar-refractivity contribution in [3.05, 3.63) is 59.7 Å². The first kappa shape index (κ1) is 21.5. The molecule has 2 aromatic carbocycles. The van der Waals surface area contributed by atoms with E-state index in [1.807, 2.05) is 23.1 Å². The van der Waals surface area contributed by atoms with Crippen molar-refractivity contribution < 1.29 is 14.3 Å². The smallest absolute Gasteiger partial charge is 0.318 e. The SMILES string of the molecule is COc1ccc(OC)c(C2CCCN2C(=O)NC2CCN(Cc3ccccc3)CC2)c1. The summed E-state index contributed by atoms with van der Waals surface area (Å²) in [7, 11) is 3.34. The van der Waals surface area contributed by atoms with E-state index in [4.69, 9.17) is 9.47 Å². The van der Waals surface area contributed by atoms with Crippen molar-refractivity contribution in [3.8, 4) is 11.5 Å². The van der Waals surface area contributed by atoms with Gasteiger partial charge in [0.1, 0.15) is 11.5 Å². The Kier molecular flexibility index (Phi) is 6.97. The van der Waals surface area contributed by atoms with E-state index < -0.39 is 0 Å². The summed E-state index contributed by atoms with van der Waals surface area (Å²) in [6, 6.07) is 16.7. The molecule has 2 aromatic rings. The van der Waals surface area contributed by atoms with Gasteiger partial charge >= 0.3 is 6.03 Å². The first-order valence-electron chi connectivity index (χ1n) is 11.2. The van der Waals surface area contributed by atoms with Crippen molar-refractivity contribution in [2.75, 3.05) is 33.9 Å². The van der Waals surface area contributed by atoms with E-state index >= 15 is 0 Å². The maximum Gasteiger partial charge on any atom is 0.318 e. The monoisotopic (exact) mass is 423 g/mol. The van der Waals surface area contributed by atoms with E-state index in [1.54, 1.807) is 14.2 Å². The van der Waals surface area contributed by atoms with Gasteiger partial charge in [-0.05, 0) is 49.4 Å². The Balaban J connectivity index is 1.34. The van der Waals surface area contributed by atoms with Crippen LogP contribution in [0.2, 0.25) is 0 Å². The average Bonchev–Trinajstić information content (AvgIpc) is 3.30. The standard InChI is InChI=1S/C25H33N3O3/c1-30-21-10-11-24(31-2)22(17-21)23-9-6-14-28(23)25(29)26-20-12-15-27(16-13-20)18-19-7-4-3-5-8-19/h3-5,7-8,10-11,17,20,23H,6,9,12-16,18H2,1-2H3,(H,26,29). The van der Waals surface area contributed by atoms with Crippen LogP contribution in [0.5, 0.6) is 11.5 Å². The van der Waals surface area contributed by atoms with Gasteiger partial charge in [-0.25, -0.2) is 4.79 Å². The van der Waals surface area contributed by atoms with Gasteiger partial charge < -0.3 is 19.7 Å². The molecule has 0 saturated carbocycles. The number of benzene rings is 2. The molecule has 0 aromatic heterocycles. The molecule has 2 saturated heterocycles. The second-order valence-electron chi connectivity index (χ2n) is 8.44. The van der Waals surface area contributed by atoms with Crippen LogP contribution in [-0.4, -0.2) is 55.7 Å². The maximum atomic E-state index is 13.2.